The summed E-state index contributed by atoms with van der Waals surface area (Å²) in [6.07, 6.45) is -0.493. The number of carbonyl (C=O) groups is 2. The number of hydrogen-bond donors (Lipinski definition) is 1. The summed E-state index contributed by atoms with van der Waals surface area (Å²) in [7, 11) is 5.01. The second-order valence-electron chi connectivity index (χ2n) is 2.72. The van der Waals surface area contributed by atoms with Crippen LogP contribution >= 0.6 is 0 Å². The van der Waals surface area contributed by atoms with Crippen LogP contribution in [0.1, 0.15) is 0 Å². The number of Topliss-reactive ketones (excluding diaryl/α,β-unsaturated/α-hetero) is 1. The molecule has 1 atom stereocenters. The zero-order valence-corrected chi connectivity index (χ0v) is 6.79. The summed E-state index contributed by atoms with van der Waals surface area (Å²) in [5.74, 6) is -0.888. The summed E-state index contributed by atoms with van der Waals surface area (Å²) in [4.78, 5) is 23.6. The molecule has 1 amide bonds. The summed E-state index contributed by atoms with van der Waals surface area (Å²) in [5.41, 5.74) is 2.71. The molecule has 5 heteroatoms. The van der Waals surface area contributed by atoms with Crippen LogP contribution in [0.15, 0.2) is 0 Å². The summed E-state index contributed by atoms with van der Waals surface area (Å²) in [6.45, 7) is 0. The van der Waals surface area contributed by atoms with Crippen molar-refractivity contribution in [1.82, 2.24) is 15.3 Å². The minimum atomic E-state index is -0.493. The van der Waals surface area contributed by atoms with Crippen LogP contribution < -0.4 is 5.43 Å². The van der Waals surface area contributed by atoms with Gasteiger partial charge in [0.1, 0.15) is 6.17 Å². The molecular formula is C6H11N3O2. The first-order valence-corrected chi connectivity index (χ1v) is 3.28. The van der Waals surface area contributed by atoms with Crippen LogP contribution in [-0.2, 0) is 9.59 Å². The Morgan fingerprint density at radius 2 is 2.00 bits per heavy atom. The van der Waals surface area contributed by atoms with Gasteiger partial charge >= 0.3 is 5.91 Å². The molecule has 0 radical (unpaired) electrons. The standard InChI is InChI=1S/C6H11N3O2/c1-8(2)5-4(10)6(11)9(3)7-5/h5,7H,1-3H3. The minimum absolute atomic E-state index is 0.405. The van der Waals surface area contributed by atoms with Gasteiger partial charge in [0.05, 0.1) is 0 Å². The Labute approximate surface area is 64.9 Å². The number of nitrogens with zero attached hydrogens (tertiary/aromatic N) is 2. The fourth-order valence-corrected chi connectivity index (χ4v) is 0.933. The first kappa shape index (κ1) is 8.16. The molecule has 0 aromatic carbocycles. The van der Waals surface area contributed by atoms with E-state index in [0.717, 1.165) is 0 Å². The van der Waals surface area contributed by atoms with E-state index in [1.165, 1.54) is 12.1 Å². The predicted octanol–water partition coefficient (Wildman–Crippen LogP) is -1.58. The normalized spacial score (nSPS) is 25.5. The molecule has 0 aromatic heterocycles. The van der Waals surface area contributed by atoms with Gasteiger partial charge in [-0.3, -0.25) is 19.5 Å². The van der Waals surface area contributed by atoms with Gasteiger partial charge in [-0.05, 0) is 14.1 Å². The Morgan fingerprint density at radius 1 is 1.45 bits per heavy atom. The van der Waals surface area contributed by atoms with Gasteiger partial charge in [0, 0.05) is 7.05 Å². The maximum atomic E-state index is 11.1. The highest BCUT2D eigenvalue weighted by Crippen LogP contribution is 2.02. The zero-order valence-electron chi connectivity index (χ0n) is 6.79. The maximum Gasteiger partial charge on any atom is 0.307 e. The lowest BCUT2D eigenvalue weighted by molar-refractivity contribution is -0.140. The van der Waals surface area contributed by atoms with Gasteiger partial charge in [-0.1, -0.05) is 0 Å². The number of nitrogens with one attached hydrogen (secondary N) is 1. The number of ketones is 1. The number of rotatable bonds is 1. The Balaban J connectivity index is 2.75. The Bertz CT molecular complexity index is 202. The smallest absolute Gasteiger partial charge is 0.286 e. The van der Waals surface area contributed by atoms with Gasteiger partial charge < -0.3 is 0 Å². The topological polar surface area (TPSA) is 52.6 Å². The van der Waals surface area contributed by atoms with Crippen LogP contribution in [0.2, 0.25) is 0 Å². The maximum absolute atomic E-state index is 11.1. The Kier molecular flexibility index (Phi) is 1.92. The van der Waals surface area contributed by atoms with Crippen LogP contribution in [0, 0.1) is 0 Å². The number of amides is 1. The highest BCUT2D eigenvalue weighted by molar-refractivity contribution is 6.39. The molecule has 0 bridgehead atoms. The molecule has 5 nitrogen and oxygen atoms in total. The highest BCUT2D eigenvalue weighted by atomic mass is 16.2. The Hall–Kier alpha value is -0.940. The van der Waals surface area contributed by atoms with Crippen LogP contribution in [0.5, 0.6) is 0 Å². The van der Waals surface area contributed by atoms with Crippen molar-refractivity contribution in [2.45, 2.75) is 6.17 Å². The predicted molar refractivity (Wildman–Crippen MR) is 38.4 cm³/mol. The summed E-state index contributed by atoms with van der Waals surface area (Å²) in [5, 5.41) is 1.20. The van der Waals surface area contributed by atoms with Gasteiger partial charge in [0.2, 0.25) is 0 Å². The lowest BCUT2D eigenvalue weighted by Crippen LogP contribution is -2.43. The van der Waals surface area contributed by atoms with E-state index in [1.54, 1.807) is 19.0 Å². The van der Waals surface area contributed by atoms with Gasteiger partial charge in [-0.15, -0.1) is 0 Å². The van der Waals surface area contributed by atoms with Gasteiger partial charge in [-0.2, -0.15) is 0 Å². The SMILES string of the molecule is CN1NC(N(C)C)C(=O)C1=O. The molecule has 62 valence electrons. The number of hydrogen-bond acceptors (Lipinski definition) is 4. The van der Waals surface area contributed by atoms with Crippen molar-refractivity contribution in [1.29, 1.82) is 0 Å². The van der Waals surface area contributed by atoms with Crippen LogP contribution in [0.4, 0.5) is 0 Å². The van der Waals surface area contributed by atoms with Gasteiger partial charge in [0.15, 0.2) is 0 Å². The van der Waals surface area contributed by atoms with E-state index in [9.17, 15) is 9.59 Å². The summed E-state index contributed by atoms with van der Waals surface area (Å²) in [6, 6.07) is 0. The monoisotopic (exact) mass is 157 g/mol. The zero-order chi connectivity index (χ0) is 8.59. The van der Waals surface area contributed by atoms with Crippen molar-refractivity contribution in [3.05, 3.63) is 0 Å². The first-order valence-electron chi connectivity index (χ1n) is 3.28. The van der Waals surface area contributed by atoms with Crippen molar-refractivity contribution in [3.8, 4) is 0 Å². The molecule has 0 aliphatic carbocycles. The van der Waals surface area contributed by atoms with Gasteiger partial charge in [0.25, 0.3) is 5.78 Å². The van der Waals surface area contributed by atoms with Crippen molar-refractivity contribution in [3.63, 3.8) is 0 Å². The molecule has 0 spiro atoms. The van der Waals surface area contributed by atoms with E-state index >= 15 is 0 Å². The van der Waals surface area contributed by atoms with Crippen LogP contribution in [0.3, 0.4) is 0 Å². The van der Waals surface area contributed by atoms with E-state index in [-0.39, 0.29) is 0 Å². The third-order valence-electron chi connectivity index (χ3n) is 1.60. The molecule has 1 fully saturated rings. The van der Waals surface area contributed by atoms with Crippen molar-refractivity contribution >= 4 is 11.7 Å². The van der Waals surface area contributed by atoms with Crippen molar-refractivity contribution < 1.29 is 9.59 Å². The lowest BCUT2D eigenvalue weighted by atomic mass is 10.3. The first-order chi connectivity index (χ1) is 5.04. The van der Waals surface area contributed by atoms with E-state index in [1.807, 2.05) is 0 Å². The number of carbonyl (C=O) groups excluding carboxylic acids is 2. The highest BCUT2D eigenvalue weighted by Gasteiger charge is 2.37. The second-order valence-corrected chi connectivity index (χ2v) is 2.72. The molecular weight excluding hydrogens is 146 g/mol. The molecule has 1 aliphatic rings. The van der Waals surface area contributed by atoms with Crippen LogP contribution in [0.25, 0.3) is 0 Å². The molecule has 1 saturated heterocycles. The van der Waals surface area contributed by atoms with E-state index < -0.39 is 17.9 Å². The fraction of sp³-hybridized carbons (Fsp3) is 0.667. The number of likely N-dealkylation sites (N-methyl/N-ethyl adjacent to an activating group) is 2. The molecule has 1 aliphatic heterocycles. The van der Waals surface area contributed by atoms with E-state index in [2.05, 4.69) is 5.43 Å². The van der Waals surface area contributed by atoms with Crippen molar-refractivity contribution in [2.75, 3.05) is 21.1 Å². The van der Waals surface area contributed by atoms with Gasteiger partial charge in [-0.25, -0.2) is 5.43 Å². The molecule has 1 heterocycles. The third kappa shape index (κ3) is 1.24. The van der Waals surface area contributed by atoms with E-state index in [4.69, 9.17) is 0 Å². The number of hydrazine groups is 1. The summed E-state index contributed by atoms with van der Waals surface area (Å²) >= 11 is 0. The molecule has 11 heavy (non-hydrogen) atoms. The fourth-order valence-electron chi connectivity index (χ4n) is 0.933. The average Bonchev–Trinajstić information content (AvgIpc) is 2.17. The average molecular weight is 157 g/mol. The lowest BCUT2D eigenvalue weighted by Gasteiger charge is -2.17. The second kappa shape index (κ2) is 2.60. The largest absolute Gasteiger partial charge is 0.307 e. The molecule has 1 unspecified atom stereocenters. The molecule has 1 rings (SSSR count). The van der Waals surface area contributed by atoms with Crippen LogP contribution in [-0.4, -0.2) is 48.9 Å². The molecule has 1 N–H and O–H groups in total. The molecule has 0 aromatic rings. The third-order valence-corrected chi connectivity index (χ3v) is 1.60. The summed E-state index contributed by atoms with van der Waals surface area (Å²) < 4.78 is 0. The molecule has 0 saturated carbocycles. The minimum Gasteiger partial charge on any atom is -0.286 e. The quantitative estimate of drug-likeness (QED) is 0.467. The Morgan fingerprint density at radius 3 is 2.18 bits per heavy atom. The van der Waals surface area contributed by atoms with E-state index in [0.29, 0.717) is 0 Å². The van der Waals surface area contributed by atoms with Crippen molar-refractivity contribution in [2.24, 2.45) is 0 Å².